The van der Waals surface area contributed by atoms with Crippen LogP contribution in [0.3, 0.4) is 0 Å². The molecule has 0 saturated carbocycles. The third kappa shape index (κ3) is 2.60. The highest BCUT2D eigenvalue weighted by atomic mass is 35.5. The molecule has 1 heterocycles. The van der Waals surface area contributed by atoms with Gasteiger partial charge in [-0.1, -0.05) is 23.7 Å². The maximum Gasteiger partial charge on any atom is 0.171 e. The summed E-state index contributed by atoms with van der Waals surface area (Å²) in [7, 11) is 0. The molecule has 0 unspecified atom stereocenters. The fourth-order valence-electron chi connectivity index (χ4n) is 1.70. The van der Waals surface area contributed by atoms with Crippen molar-refractivity contribution in [3.05, 3.63) is 50.2 Å². The number of hydrogen-bond acceptors (Lipinski definition) is 3. The summed E-state index contributed by atoms with van der Waals surface area (Å²) in [5.74, 6) is -0.431. The molecule has 18 heavy (non-hydrogen) atoms. The second-order valence-electron chi connectivity index (χ2n) is 3.97. The first kappa shape index (κ1) is 13.2. The summed E-state index contributed by atoms with van der Waals surface area (Å²) in [5.41, 5.74) is 1.19. The number of ketones is 1. The maximum absolute atomic E-state index is 13.7. The van der Waals surface area contributed by atoms with Crippen molar-refractivity contribution in [3.63, 3.8) is 0 Å². The quantitative estimate of drug-likeness (QED) is 0.796. The van der Waals surface area contributed by atoms with Crippen LogP contribution < -0.4 is 0 Å². The number of benzene rings is 1. The lowest BCUT2D eigenvalue weighted by atomic mass is 10.1. The van der Waals surface area contributed by atoms with Gasteiger partial charge in [-0.15, -0.1) is 11.3 Å². The van der Waals surface area contributed by atoms with Crippen LogP contribution in [0.15, 0.2) is 18.2 Å². The van der Waals surface area contributed by atoms with E-state index in [1.807, 2.05) is 0 Å². The van der Waals surface area contributed by atoms with Gasteiger partial charge in [-0.3, -0.25) is 4.79 Å². The summed E-state index contributed by atoms with van der Waals surface area (Å²) in [6.07, 6.45) is 0.352. The van der Waals surface area contributed by atoms with Gasteiger partial charge in [0, 0.05) is 13.3 Å². The number of carbonyl (C=O) groups excluding carboxylic acids is 1. The predicted molar refractivity (Wildman–Crippen MR) is 71.1 cm³/mol. The van der Waals surface area contributed by atoms with Crippen LogP contribution in [0.25, 0.3) is 0 Å². The topological polar surface area (TPSA) is 30.0 Å². The zero-order valence-electron chi connectivity index (χ0n) is 9.96. The van der Waals surface area contributed by atoms with Gasteiger partial charge < -0.3 is 0 Å². The molecule has 1 aromatic heterocycles. The molecule has 2 aromatic rings. The average Bonchev–Trinajstić information content (AvgIpc) is 2.66. The van der Waals surface area contributed by atoms with E-state index in [4.69, 9.17) is 11.6 Å². The van der Waals surface area contributed by atoms with Crippen molar-refractivity contribution in [1.82, 2.24) is 4.98 Å². The van der Waals surface area contributed by atoms with Crippen LogP contribution in [0, 0.1) is 12.7 Å². The molecule has 0 fully saturated rings. The minimum atomic E-state index is -0.420. The molecule has 0 aliphatic heterocycles. The number of rotatable bonds is 3. The standard InChI is InChI=1S/C13H11ClFNOS/c1-7-13(8(2)17)18-11(16-7)6-9-4-3-5-10(14)12(9)15/h3-5H,6H2,1-2H3. The molecule has 2 rings (SSSR count). The van der Waals surface area contributed by atoms with Gasteiger partial charge in [0.15, 0.2) is 5.78 Å². The Labute approximate surface area is 113 Å². The average molecular weight is 284 g/mol. The highest BCUT2D eigenvalue weighted by Gasteiger charge is 2.14. The second-order valence-corrected chi connectivity index (χ2v) is 5.46. The van der Waals surface area contributed by atoms with Crippen molar-refractivity contribution in [2.75, 3.05) is 0 Å². The van der Waals surface area contributed by atoms with Crippen LogP contribution in [-0.2, 0) is 6.42 Å². The second kappa shape index (κ2) is 5.16. The zero-order valence-corrected chi connectivity index (χ0v) is 11.5. The number of thiazole rings is 1. The van der Waals surface area contributed by atoms with E-state index in [-0.39, 0.29) is 10.8 Å². The van der Waals surface area contributed by atoms with Crippen molar-refractivity contribution in [2.24, 2.45) is 0 Å². The van der Waals surface area contributed by atoms with Gasteiger partial charge in [-0.2, -0.15) is 0 Å². The zero-order chi connectivity index (χ0) is 13.3. The molecular formula is C13H11ClFNOS. The molecule has 0 N–H and O–H groups in total. The van der Waals surface area contributed by atoms with Crippen molar-refractivity contribution < 1.29 is 9.18 Å². The summed E-state index contributed by atoms with van der Waals surface area (Å²) < 4.78 is 13.7. The Balaban J connectivity index is 2.32. The Bertz CT molecular complexity index is 609. The third-order valence-corrected chi connectivity index (χ3v) is 4.08. The Kier molecular flexibility index (Phi) is 3.78. The van der Waals surface area contributed by atoms with Gasteiger partial charge in [0.1, 0.15) is 5.82 Å². The lowest BCUT2D eigenvalue weighted by Gasteiger charge is -2.01. The minimum Gasteiger partial charge on any atom is -0.294 e. The first-order valence-electron chi connectivity index (χ1n) is 5.39. The third-order valence-electron chi connectivity index (χ3n) is 2.53. The van der Waals surface area contributed by atoms with Crippen LogP contribution in [0.1, 0.15) is 32.9 Å². The van der Waals surface area contributed by atoms with Crippen molar-refractivity contribution in [1.29, 1.82) is 0 Å². The molecular weight excluding hydrogens is 273 g/mol. The Morgan fingerprint density at radius 2 is 2.22 bits per heavy atom. The summed E-state index contributed by atoms with van der Waals surface area (Å²) in [4.78, 5) is 16.2. The molecule has 0 amide bonds. The molecule has 0 atom stereocenters. The number of aryl methyl sites for hydroxylation is 1. The molecule has 0 aliphatic rings. The summed E-state index contributed by atoms with van der Waals surface area (Å²) in [5, 5.41) is 0.825. The number of carbonyl (C=O) groups is 1. The molecule has 0 saturated heterocycles. The van der Waals surface area contributed by atoms with Gasteiger partial charge in [0.2, 0.25) is 0 Å². The molecule has 0 radical (unpaired) electrons. The Hall–Kier alpha value is -1.26. The SMILES string of the molecule is CC(=O)c1sc(Cc2cccc(Cl)c2F)nc1C. The van der Waals surface area contributed by atoms with E-state index in [1.165, 1.54) is 24.3 Å². The van der Waals surface area contributed by atoms with Crippen molar-refractivity contribution >= 4 is 28.7 Å². The number of Topliss-reactive ketones (excluding diaryl/α,β-unsaturated/α-hetero) is 1. The van der Waals surface area contributed by atoms with Gasteiger partial charge in [-0.05, 0) is 18.6 Å². The normalized spacial score (nSPS) is 10.7. The van der Waals surface area contributed by atoms with Gasteiger partial charge in [0.05, 0.1) is 20.6 Å². The van der Waals surface area contributed by atoms with Gasteiger partial charge in [-0.25, -0.2) is 9.37 Å². The highest BCUT2D eigenvalue weighted by Crippen LogP contribution is 2.24. The number of hydrogen-bond donors (Lipinski definition) is 0. The molecule has 0 spiro atoms. The number of aromatic nitrogens is 1. The van der Waals surface area contributed by atoms with Crippen LogP contribution in [0.2, 0.25) is 5.02 Å². The van der Waals surface area contributed by atoms with Crippen LogP contribution in [0.5, 0.6) is 0 Å². The highest BCUT2D eigenvalue weighted by molar-refractivity contribution is 7.13. The van der Waals surface area contributed by atoms with Crippen molar-refractivity contribution in [3.8, 4) is 0 Å². The Morgan fingerprint density at radius 1 is 1.50 bits per heavy atom. The Morgan fingerprint density at radius 3 is 2.83 bits per heavy atom. The molecule has 0 aliphatic carbocycles. The lowest BCUT2D eigenvalue weighted by Crippen LogP contribution is -1.92. The van der Waals surface area contributed by atoms with Crippen molar-refractivity contribution in [2.45, 2.75) is 20.3 Å². The monoisotopic (exact) mass is 283 g/mol. The van der Waals surface area contributed by atoms with E-state index in [2.05, 4.69) is 4.98 Å². The van der Waals surface area contributed by atoms with E-state index in [0.717, 1.165) is 5.01 Å². The molecule has 1 aromatic carbocycles. The first-order chi connectivity index (χ1) is 8.49. The van der Waals surface area contributed by atoms with Gasteiger partial charge >= 0.3 is 0 Å². The van der Waals surface area contributed by atoms with E-state index in [9.17, 15) is 9.18 Å². The molecule has 94 valence electrons. The molecule has 0 bridgehead atoms. The van der Waals surface area contributed by atoms with E-state index < -0.39 is 5.82 Å². The fraction of sp³-hybridized carbons (Fsp3) is 0.231. The van der Waals surface area contributed by atoms with E-state index in [0.29, 0.717) is 22.6 Å². The molecule has 2 nitrogen and oxygen atoms in total. The fourth-order valence-corrected chi connectivity index (χ4v) is 2.88. The minimum absolute atomic E-state index is 0.0113. The summed E-state index contributed by atoms with van der Waals surface area (Å²) in [6.45, 7) is 3.29. The molecule has 5 heteroatoms. The summed E-state index contributed by atoms with van der Waals surface area (Å²) in [6, 6.07) is 4.88. The smallest absolute Gasteiger partial charge is 0.171 e. The van der Waals surface area contributed by atoms with Crippen LogP contribution >= 0.6 is 22.9 Å². The van der Waals surface area contributed by atoms with Gasteiger partial charge in [0.25, 0.3) is 0 Å². The maximum atomic E-state index is 13.7. The van der Waals surface area contributed by atoms with E-state index in [1.54, 1.807) is 19.1 Å². The number of nitrogens with zero attached hydrogens (tertiary/aromatic N) is 1. The van der Waals surface area contributed by atoms with E-state index >= 15 is 0 Å². The predicted octanol–water partition coefficient (Wildman–Crippen LogP) is 4.04. The first-order valence-corrected chi connectivity index (χ1v) is 6.58. The summed E-state index contributed by atoms with van der Waals surface area (Å²) >= 11 is 7.03. The largest absolute Gasteiger partial charge is 0.294 e. The van der Waals surface area contributed by atoms with Crippen LogP contribution in [-0.4, -0.2) is 10.8 Å². The lowest BCUT2D eigenvalue weighted by molar-refractivity contribution is 0.102. The number of halogens is 2. The van der Waals surface area contributed by atoms with Crippen LogP contribution in [0.4, 0.5) is 4.39 Å².